The number of methoxy groups -OCH3 is 2. The van der Waals surface area contributed by atoms with Crippen LogP contribution >= 0.6 is 0 Å². The average molecular weight is 450 g/mol. The van der Waals surface area contributed by atoms with Crippen molar-refractivity contribution < 1.29 is 19.1 Å². The van der Waals surface area contributed by atoms with Gasteiger partial charge in [-0.2, -0.15) is 5.26 Å². The summed E-state index contributed by atoms with van der Waals surface area (Å²) in [5.74, 6) is -0.293. The molecule has 1 aromatic carbocycles. The van der Waals surface area contributed by atoms with E-state index in [2.05, 4.69) is 15.3 Å². The summed E-state index contributed by atoms with van der Waals surface area (Å²) >= 11 is 0. The third-order valence-electron chi connectivity index (χ3n) is 5.02. The van der Waals surface area contributed by atoms with Gasteiger partial charge in [0.2, 0.25) is 5.95 Å². The Morgan fingerprint density at radius 3 is 2.70 bits per heavy atom. The molecular formula is C23H26N6O4. The average Bonchev–Trinajstić information content (AvgIpc) is 3.18. The van der Waals surface area contributed by atoms with Gasteiger partial charge >= 0.3 is 0 Å². The van der Waals surface area contributed by atoms with Crippen LogP contribution in [0.3, 0.4) is 0 Å². The van der Waals surface area contributed by atoms with E-state index >= 15 is 0 Å². The largest absolute Gasteiger partial charge is 0.385 e. The maximum Gasteiger partial charge on any atom is 0.258 e. The summed E-state index contributed by atoms with van der Waals surface area (Å²) in [6.45, 7) is 1.90. The molecule has 0 unspecified atom stereocenters. The van der Waals surface area contributed by atoms with Crippen molar-refractivity contribution in [2.75, 3.05) is 46.3 Å². The third-order valence-corrected chi connectivity index (χ3v) is 5.02. The van der Waals surface area contributed by atoms with Crippen LogP contribution < -0.4 is 5.32 Å². The Kier molecular flexibility index (Phi) is 8.07. The molecule has 0 atom stereocenters. The summed E-state index contributed by atoms with van der Waals surface area (Å²) in [5, 5.41) is 11.9. The summed E-state index contributed by atoms with van der Waals surface area (Å²) in [4.78, 5) is 36.1. The minimum absolute atomic E-state index is 0.200. The Hall–Kier alpha value is -3.81. The normalized spacial score (nSPS) is 10.7. The van der Waals surface area contributed by atoms with Crippen molar-refractivity contribution in [3.8, 4) is 6.07 Å². The predicted molar refractivity (Wildman–Crippen MR) is 122 cm³/mol. The highest BCUT2D eigenvalue weighted by atomic mass is 16.5. The van der Waals surface area contributed by atoms with E-state index in [0.29, 0.717) is 66.5 Å². The summed E-state index contributed by atoms with van der Waals surface area (Å²) < 4.78 is 12.0. The van der Waals surface area contributed by atoms with Gasteiger partial charge in [-0.3, -0.25) is 19.5 Å². The first-order valence-electron chi connectivity index (χ1n) is 10.4. The number of nitrogens with zero attached hydrogens (tertiary/aromatic N) is 5. The molecule has 10 heteroatoms. The molecule has 0 saturated heterocycles. The van der Waals surface area contributed by atoms with Gasteiger partial charge in [0.15, 0.2) is 5.65 Å². The number of ether oxygens (including phenoxy) is 2. The minimum atomic E-state index is -0.397. The van der Waals surface area contributed by atoms with Crippen molar-refractivity contribution in [2.45, 2.75) is 13.0 Å². The van der Waals surface area contributed by atoms with Gasteiger partial charge in [-0.1, -0.05) is 6.07 Å². The van der Waals surface area contributed by atoms with Crippen LogP contribution in [0.25, 0.3) is 11.2 Å². The van der Waals surface area contributed by atoms with Crippen molar-refractivity contribution in [3.05, 3.63) is 53.2 Å². The van der Waals surface area contributed by atoms with Crippen molar-refractivity contribution in [1.82, 2.24) is 19.4 Å². The molecule has 10 nitrogen and oxygen atoms in total. The van der Waals surface area contributed by atoms with Gasteiger partial charge in [-0.25, -0.2) is 9.97 Å². The number of anilines is 1. The van der Waals surface area contributed by atoms with Crippen LogP contribution in [0, 0.1) is 11.3 Å². The van der Waals surface area contributed by atoms with Gasteiger partial charge < -0.3 is 14.4 Å². The van der Waals surface area contributed by atoms with E-state index in [-0.39, 0.29) is 5.91 Å². The Bertz CT molecular complexity index is 1180. The van der Waals surface area contributed by atoms with Crippen molar-refractivity contribution >= 4 is 28.9 Å². The van der Waals surface area contributed by atoms with Gasteiger partial charge in [-0.05, 0) is 30.7 Å². The Morgan fingerprint density at radius 2 is 1.97 bits per heavy atom. The van der Waals surface area contributed by atoms with Crippen LogP contribution in [-0.2, 0) is 16.0 Å². The van der Waals surface area contributed by atoms with E-state index in [1.54, 1.807) is 55.0 Å². The molecule has 33 heavy (non-hydrogen) atoms. The molecular weight excluding hydrogens is 424 g/mol. The second-order valence-corrected chi connectivity index (χ2v) is 7.37. The van der Waals surface area contributed by atoms with Crippen LogP contribution in [0.15, 0.2) is 36.5 Å². The maximum atomic E-state index is 12.8. The number of hydrogen-bond donors (Lipinski definition) is 1. The number of amides is 2. The number of rotatable bonds is 10. The van der Waals surface area contributed by atoms with Gasteiger partial charge in [0, 0.05) is 52.7 Å². The van der Waals surface area contributed by atoms with E-state index < -0.39 is 5.91 Å². The highest BCUT2D eigenvalue weighted by Crippen LogP contribution is 2.21. The number of carbonyl (C=O) groups excluding carboxylic acids is 2. The lowest BCUT2D eigenvalue weighted by Gasteiger charge is -2.16. The van der Waals surface area contributed by atoms with Crippen molar-refractivity contribution in [3.63, 3.8) is 0 Å². The fourth-order valence-corrected chi connectivity index (χ4v) is 3.26. The number of likely N-dealkylation sites (N-methyl/N-ethyl adjacent to an activating group) is 1. The van der Waals surface area contributed by atoms with Crippen LogP contribution in [0.4, 0.5) is 5.95 Å². The van der Waals surface area contributed by atoms with Crippen LogP contribution in [0.1, 0.15) is 32.7 Å². The molecule has 0 bridgehead atoms. The lowest BCUT2D eigenvalue weighted by atomic mass is 10.1. The molecule has 0 radical (unpaired) electrons. The molecule has 2 heterocycles. The van der Waals surface area contributed by atoms with Crippen molar-refractivity contribution in [1.29, 1.82) is 5.26 Å². The maximum absolute atomic E-state index is 12.8. The second-order valence-electron chi connectivity index (χ2n) is 7.37. The first-order valence-corrected chi connectivity index (χ1v) is 10.4. The monoisotopic (exact) mass is 450 g/mol. The SMILES string of the molecule is COCCCn1c(NC(=O)c2cccc(C#N)c2)nc2cc(C(=O)N(C)CCOC)cnc21. The van der Waals surface area contributed by atoms with Gasteiger partial charge in [0.25, 0.3) is 11.8 Å². The molecule has 2 aromatic heterocycles. The molecule has 2 amide bonds. The number of fused-ring (bicyclic) bond motifs is 1. The van der Waals surface area contributed by atoms with Crippen molar-refractivity contribution in [2.24, 2.45) is 0 Å². The molecule has 3 rings (SSSR count). The summed E-state index contributed by atoms with van der Waals surface area (Å²) in [6.07, 6.45) is 2.18. The van der Waals surface area contributed by atoms with Crippen LogP contribution in [0.5, 0.6) is 0 Å². The number of aryl methyl sites for hydroxylation is 1. The zero-order valence-corrected chi connectivity index (χ0v) is 18.9. The highest BCUT2D eigenvalue weighted by molar-refractivity contribution is 6.04. The van der Waals surface area contributed by atoms with Crippen LogP contribution in [-0.4, -0.2) is 72.3 Å². The smallest absolute Gasteiger partial charge is 0.258 e. The van der Waals surface area contributed by atoms with E-state index in [1.165, 1.54) is 12.3 Å². The second kappa shape index (κ2) is 11.2. The van der Waals surface area contributed by atoms with E-state index in [1.807, 2.05) is 6.07 Å². The number of pyridine rings is 1. The zero-order chi connectivity index (χ0) is 23.8. The molecule has 1 N–H and O–H groups in total. The Balaban J connectivity index is 1.93. The number of aromatic nitrogens is 3. The fourth-order valence-electron chi connectivity index (χ4n) is 3.26. The number of benzene rings is 1. The standard InChI is InChI=1S/C23H26N6O4/c1-28(9-11-33-3)22(31)18-13-19-20(25-15-18)29(8-5-10-32-2)23(26-19)27-21(30)17-7-4-6-16(12-17)14-24/h4,6-7,12-13,15H,5,8-11H2,1-3H3,(H,26,27,30). The topological polar surface area (TPSA) is 122 Å². The van der Waals surface area contributed by atoms with E-state index in [4.69, 9.17) is 14.7 Å². The molecule has 0 spiro atoms. The Labute approximate surface area is 191 Å². The zero-order valence-electron chi connectivity index (χ0n) is 18.9. The van der Waals surface area contributed by atoms with E-state index in [0.717, 1.165) is 0 Å². The molecule has 172 valence electrons. The first-order chi connectivity index (χ1) is 16.0. The molecule has 0 fully saturated rings. The Morgan fingerprint density at radius 1 is 1.18 bits per heavy atom. The number of nitriles is 1. The lowest BCUT2D eigenvalue weighted by Crippen LogP contribution is -2.30. The van der Waals surface area contributed by atoms with Crippen LogP contribution in [0.2, 0.25) is 0 Å². The predicted octanol–water partition coefficient (Wildman–Crippen LogP) is 2.31. The van der Waals surface area contributed by atoms with Gasteiger partial charge in [0.1, 0.15) is 5.52 Å². The summed E-state index contributed by atoms with van der Waals surface area (Å²) in [6, 6.07) is 10.1. The van der Waals surface area contributed by atoms with Gasteiger partial charge in [-0.15, -0.1) is 0 Å². The first kappa shape index (κ1) is 23.8. The fraction of sp³-hybridized carbons (Fsp3) is 0.348. The molecule has 0 aliphatic heterocycles. The lowest BCUT2D eigenvalue weighted by molar-refractivity contribution is 0.0744. The molecule has 0 saturated carbocycles. The number of carbonyl (C=O) groups is 2. The summed E-state index contributed by atoms with van der Waals surface area (Å²) in [5.41, 5.74) is 2.15. The summed E-state index contributed by atoms with van der Waals surface area (Å²) in [7, 11) is 4.89. The molecule has 0 aliphatic carbocycles. The third kappa shape index (κ3) is 5.71. The highest BCUT2D eigenvalue weighted by Gasteiger charge is 2.19. The van der Waals surface area contributed by atoms with E-state index in [9.17, 15) is 9.59 Å². The number of hydrogen-bond acceptors (Lipinski definition) is 7. The quantitative estimate of drug-likeness (QED) is 0.470. The minimum Gasteiger partial charge on any atom is -0.385 e. The number of nitrogens with one attached hydrogen (secondary N) is 1. The van der Waals surface area contributed by atoms with Gasteiger partial charge in [0.05, 0.1) is 23.8 Å². The molecule has 3 aromatic rings. The number of imidazole rings is 1. The molecule has 0 aliphatic rings.